The van der Waals surface area contributed by atoms with E-state index in [4.69, 9.17) is 21.4 Å². The lowest BCUT2D eigenvalue weighted by atomic mass is 10.1. The van der Waals surface area contributed by atoms with E-state index in [0.29, 0.717) is 36.0 Å². The molecule has 2 amide bonds. The molecule has 2 heterocycles. The van der Waals surface area contributed by atoms with Crippen LogP contribution < -0.4 is 10.1 Å². The summed E-state index contributed by atoms with van der Waals surface area (Å²) < 4.78 is 12.1. The van der Waals surface area contributed by atoms with Crippen molar-refractivity contribution in [1.82, 2.24) is 4.90 Å². The molecular weight excluding hydrogens is 600 g/mol. The number of anilines is 1. The molecule has 39 heavy (non-hydrogen) atoms. The fourth-order valence-corrected chi connectivity index (χ4v) is 5.93. The molecule has 0 spiro atoms. The van der Waals surface area contributed by atoms with Gasteiger partial charge in [-0.25, -0.2) is 0 Å². The van der Waals surface area contributed by atoms with Crippen LogP contribution in [0.4, 0.5) is 5.69 Å². The van der Waals surface area contributed by atoms with Gasteiger partial charge < -0.3 is 14.5 Å². The number of rotatable bonds is 8. The smallest absolute Gasteiger partial charge is 0.266 e. The first kappa shape index (κ1) is 26.9. The number of methoxy groups -OCH3 is 1. The number of furan rings is 1. The van der Waals surface area contributed by atoms with E-state index in [-0.39, 0.29) is 36.2 Å². The number of hydrogen-bond donors (Lipinski definition) is 1. The van der Waals surface area contributed by atoms with E-state index >= 15 is 0 Å². The molecule has 7 nitrogen and oxygen atoms in total. The quantitative estimate of drug-likeness (QED) is 0.134. The van der Waals surface area contributed by atoms with E-state index in [1.165, 1.54) is 23.8 Å². The minimum atomic E-state index is -0.396. The van der Waals surface area contributed by atoms with Gasteiger partial charge in [-0.1, -0.05) is 66.4 Å². The molecule has 0 radical (unpaired) electrons. The van der Waals surface area contributed by atoms with Crippen LogP contribution in [0.25, 0.3) is 17.0 Å². The van der Waals surface area contributed by atoms with Crippen molar-refractivity contribution in [2.45, 2.75) is 6.42 Å². The maximum Gasteiger partial charge on any atom is 0.266 e. The van der Waals surface area contributed by atoms with Gasteiger partial charge in [0.15, 0.2) is 5.76 Å². The van der Waals surface area contributed by atoms with Crippen LogP contribution >= 0.6 is 39.9 Å². The van der Waals surface area contributed by atoms with E-state index in [2.05, 4.69) is 21.2 Å². The highest BCUT2D eigenvalue weighted by Crippen LogP contribution is 2.35. The van der Waals surface area contributed by atoms with Gasteiger partial charge in [0.1, 0.15) is 15.7 Å². The summed E-state index contributed by atoms with van der Waals surface area (Å²) in [6.45, 7) is 0.104. The number of halogens is 1. The number of para-hydroxylation sites is 1. The zero-order valence-corrected chi connectivity index (χ0v) is 23.8. The Balaban J connectivity index is 1.34. The number of nitrogens with zero attached hydrogens (tertiary/aromatic N) is 1. The number of ketones is 1. The van der Waals surface area contributed by atoms with Crippen molar-refractivity contribution in [2.75, 3.05) is 19.0 Å². The van der Waals surface area contributed by atoms with E-state index in [1.54, 1.807) is 48.5 Å². The zero-order valence-electron chi connectivity index (χ0n) is 20.6. The molecular formula is C29H21BrN2O5S2. The van der Waals surface area contributed by atoms with E-state index in [9.17, 15) is 14.4 Å². The largest absolute Gasteiger partial charge is 0.496 e. The van der Waals surface area contributed by atoms with Crippen molar-refractivity contribution < 1.29 is 23.5 Å². The van der Waals surface area contributed by atoms with Gasteiger partial charge in [-0.15, -0.1) is 0 Å². The topological polar surface area (TPSA) is 88.8 Å². The van der Waals surface area contributed by atoms with Gasteiger partial charge in [0, 0.05) is 23.9 Å². The molecule has 10 heteroatoms. The van der Waals surface area contributed by atoms with Crippen LogP contribution in [0.15, 0.2) is 86.6 Å². The Kier molecular flexibility index (Phi) is 7.97. The number of thioether (sulfide) groups is 1. The summed E-state index contributed by atoms with van der Waals surface area (Å²) in [5.41, 5.74) is 2.00. The number of ether oxygens (including phenoxy) is 1. The Hall–Kier alpha value is -3.73. The zero-order chi connectivity index (χ0) is 27.5. The number of thiocarbonyl (C=S) groups is 1. The molecule has 1 aliphatic rings. The SMILES string of the molecule is COc1ccc(C(=O)c2oc3ccccc3c2NC(=O)CCN2C(=O)/C(=C/c3ccccc3)SC2=S)cc1Br. The third kappa shape index (κ3) is 5.68. The van der Waals surface area contributed by atoms with Crippen molar-refractivity contribution in [1.29, 1.82) is 0 Å². The predicted octanol–water partition coefficient (Wildman–Crippen LogP) is 6.66. The maximum atomic E-state index is 13.4. The average Bonchev–Trinajstić information content (AvgIpc) is 3.43. The first-order valence-electron chi connectivity index (χ1n) is 11.9. The third-order valence-corrected chi connectivity index (χ3v) is 8.01. The van der Waals surface area contributed by atoms with Gasteiger partial charge in [-0.2, -0.15) is 0 Å². The van der Waals surface area contributed by atoms with Crippen molar-refractivity contribution in [3.63, 3.8) is 0 Å². The average molecular weight is 622 g/mol. The first-order chi connectivity index (χ1) is 18.9. The minimum Gasteiger partial charge on any atom is -0.496 e. The molecule has 5 rings (SSSR count). The van der Waals surface area contributed by atoms with E-state index in [0.717, 1.165) is 5.56 Å². The summed E-state index contributed by atoms with van der Waals surface area (Å²) in [6.07, 6.45) is 1.76. The fourth-order valence-electron chi connectivity index (χ4n) is 4.08. The minimum absolute atomic E-state index is 0.0121. The second-order valence-corrected chi connectivity index (χ2v) is 11.1. The Bertz CT molecular complexity index is 1650. The molecule has 3 aromatic carbocycles. The summed E-state index contributed by atoms with van der Waals surface area (Å²) in [6, 6.07) is 21.5. The number of hydrogen-bond acceptors (Lipinski definition) is 7. The lowest BCUT2D eigenvalue weighted by molar-refractivity contribution is -0.122. The molecule has 1 fully saturated rings. The lowest BCUT2D eigenvalue weighted by Crippen LogP contribution is -2.31. The Labute approximate surface area is 242 Å². The van der Waals surface area contributed by atoms with Crippen molar-refractivity contribution in [3.05, 3.63) is 99.1 Å². The summed E-state index contributed by atoms with van der Waals surface area (Å²) in [4.78, 5) is 41.3. The van der Waals surface area contributed by atoms with Crippen LogP contribution in [0, 0.1) is 0 Å². The van der Waals surface area contributed by atoms with Crippen LogP contribution in [0.1, 0.15) is 28.1 Å². The van der Waals surface area contributed by atoms with E-state index < -0.39 is 5.78 Å². The molecule has 1 N–H and O–H groups in total. The highest BCUT2D eigenvalue weighted by atomic mass is 79.9. The molecule has 196 valence electrons. The fraction of sp³-hybridized carbons (Fsp3) is 0.103. The molecule has 1 saturated heterocycles. The second-order valence-electron chi connectivity index (χ2n) is 8.52. The first-order valence-corrected chi connectivity index (χ1v) is 13.9. The standard InChI is InChI=1S/C29H21BrN2O5S2/c1-36-22-12-11-18(16-20(22)30)26(34)27-25(19-9-5-6-10-21(19)37-27)31-24(33)13-14-32-28(35)23(39-29(32)38)15-17-7-3-2-4-8-17/h2-12,15-16H,13-14H2,1H3,(H,31,33)/b23-15-. The predicted molar refractivity (Wildman–Crippen MR) is 160 cm³/mol. The number of carbonyl (C=O) groups is 3. The number of benzene rings is 3. The van der Waals surface area contributed by atoms with Gasteiger partial charge >= 0.3 is 0 Å². The van der Waals surface area contributed by atoms with Gasteiger partial charge in [0.05, 0.1) is 22.2 Å². The molecule has 1 aromatic heterocycles. The Morgan fingerprint density at radius 3 is 2.59 bits per heavy atom. The molecule has 0 unspecified atom stereocenters. The number of fused-ring (bicyclic) bond motifs is 1. The molecule has 0 aliphatic carbocycles. The summed E-state index contributed by atoms with van der Waals surface area (Å²) in [7, 11) is 1.54. The second kappa shape index (κ2) is 11.6. The maximum absolute atomic E-state index is 13.4. The monoisotopic (exact) mass is 620 g/mol. The summed E-state index contributed by atoms with van der Waals surface area (Å²) >= 11 is 10.0. The van der Waals surface area contributed by atoms with E-state index in [1.807, 2.05) is 30.3 Å². The molecule has 0 atom stereocenters. The van der Waals surface area contributed by atoms with Crippen molar-refractivity contribution in [2.24, 2.45) is 0 Å². The van der Waals surface area contributed by atoms with Crippen LogP contribution in [0.3, 0.4) is 0 Å². The van der Waals surface area contributed by atoms with Crippen molar-refractivity contribution in [3.8, 4) is 5.75 Å². The molecule has 0 saturated carbocycles. The van der Waals surface area contributed by atoms with Crippen LogP contribution in [-0.4, -0.2) is 40.5 Å². The van der Waals surface area contributed by atoms with Gasteiger partial charge in [-0.05, 0) is 57.9 Å². The van der Waals surface area contributed by atoms with Crippen LogP contribution in [0.5, 0.6) is 5.75 Å². The Morgan fingerprint density at radius 1 is 1.10 bits per heavy atom. The summed E-state index contributed by atoms with van der Waals surface area (Å²) in [5, 5.41) is 3.43. The summed E-state index contributed by atoms with van der Waals surface area (Å²) in [5.74, 6) is -0.422. The molecule has 4 aromatic rings. The van der Waals surface area contributed by atoms with Gasteiger partial charge in [0.2, 0.25) is 11.7 Å². The van der Waals surface area contributed by atoms with Gasteiger partial charge in [0.25, 0.3) is 5.91 Å². The third-order valence-electron chi connectivity index (χ3n) is 6.01. The van der Waals surface area contributed by atoms with Gasteiger partial charge in [-0.3, -0.25) is 19.3 Å². The lowest BCUT2D eigenvalue weighted by Gasteiger charge is -2.14. The highest BCUT2D eigenvalue weighted by Gasteiger charge is 2.32. The van der Waals surface area contributed by atoms with Crippen molar-refractivity contribution >= 4 is 84.6 Å². The number of carbonyl (C=O) groups excluding carboxylic acids is 3. The molecule has 0 bridgehead atoms. The van der Waals surface area contributed by atoms with Crippen LogP contribution in [0.2, 0.25) is 0 Å². The number of amides is 2. The highest BCUT2D eigenvalue weighted by molar-refractivity contribution is 9.10. The normalized spacial score (nSPS) is 14.3. The number of nitrogens with one attached hydrogen (secondary N) is 1. The molecule has 1 aliphatic heterocycles. The van der Waals surface area contributed by atoms with Crippen LogP contribution in [-0.2, 0) is 9.59 Å². The Morgan fingerprint density at radius 2 is 1.85 bits per heavy atom.